The number of pyridine rings is 1. The summed E-state index contributed by atoms with van der Waals surface area (Å²) in [6.07, 6.45) is 0. The van der Waals surface area contributed by atoms with Crippen LogP contribution in [0.5, 0.6) is 0 Å². The second kappa shape index (κ2) is 8.34. The van der Waals surface area contributed by atoms with Crippen LogP contribution in [-0.4, -0.2) is 29.2 Å². The number of aromatic nitrogens is 1. The van der Waals surface area contributed by atoms with Gasteiger partial charge < -0.3 is 10.1 Å². The molecule has 1 N–H and O–H groups in total. The molecule has 0 bridgehead atoms. The maximum Gasteiger partial charge on any atom is 0.350 e. The zero-order valence-corrected chi connectivity index (χ0v) is 16.8. The first-order valence-electron chi connectivity index (χ1n) is 7.80. The highest BCUT2D eigenvalue weighted by molar-refractivity contribution is 8.00. The van der Waals surface area contributed by atoms with E-state index in [4.69, 9.17) is 4.74 Å². The highest BCUT2D eigenvalue weighted by atomic mass is 32.2. The Morgan fingerprint density at radius 3 is 2.65 bits per heavy atom. The van der Waals surface area contributed by atoms with E-state index in [-0.39, 0.29) is 5.91 Å². The van der Waals surface area contributed by atoms with Crippen LogP contribution in [0.4, 0.5) is 5.69 Å². The third-order valence-corrected chi connectivity index (χ3v) is 5.84. The Bertz CT molecular complexity index is 900. The molecule has 2 heterocycles. The predicted molar refractivity (Wildman–Crippen MR) is 103 cm³/mol. The molecule has 0 aliphatic rings. The van der Waals surface area contributed by atoms with Crippen LogP contribution in [0, 0.1) is 32.1 Å². The molecule has 0 aliphatic heterocycles. The SMILES string of the molecule is COC(=O)c1scc(C)c1NC(=O)[C@H](C)Sc1nc(C)cc(C)c1C#N. The smallest absolute Gasteiger partial charge is 0.350 e. The Balaban J connectivity index is 2.21. The van der Waals surface area contributed by atoms with Crippen LogP contribution in [0.2, 0.25) is 0 Å². The molecule has 0 aromatic carbocycles. The lowest BCUT2D eigenvalue weighted by Crippen LogP contribution is -2.24. The minimum atomic E-state index is -0.499. The molecule has 0 spiro atoms. The number of thioether (sulfide) groups is 1. The molecule has 0 saturated carbocycles. The number of aryl methyl sites for hydroxylation is 3. The van der Waals surface area contributed by atoms with E-state index in [9.17, 15) is 14.9 Å². The maximum absolute atomic E-state index is 12.6. The number of hydrogen-bond donors (Lipinski definition) is 1. The Morgan fingerprint density at radius 1 is 1.35 bits per heavy atom. The average Bonchev–Trinajstić information content (AvgIpc) is 2.94. The summed E-state index contributed by atoms with van der Waals surface area (Å²) in [6.45, 7) is 7.25. The van der Waals surface area contributed by atoms with Crippen LogP contribution in [0.1, 0.15) is 39.0 Å². The van der Waals surface area contributed by atoms with Crippen LogP contribution in [0.3, 0.4) is 0 Å². The van der Waals surface area contributed by atoms with E-state index in [1.54, 1.807) is 12.3 Å². The van der Waals surface area contributed by atoms with Crippen LogP contribution in [-0.2, 0) is 9.53 Å². The first-order chi connectivity index (χ1) is 12.3. The highest BCUT2D eigenvalue weighted by Crippen LogP contribution is 2.31. The van der Waals surface area contributed by atoms with E-state index in [1.807, 2.05) is 26.8 Å². The molecule has 0 saturated heterocycles. The van der Waals surface area contributed by atoms with Gasteiger partial charge in [-0.2, -0.15) is 5.26 Å². The summed E-state index contributed by atoms with van der Waals surface area (Å²) in [4.78, 5) is 29.2. The number of thiophene rings is 1. The number of ether oxygens (including phenoxy) is 1. The molecule has 0 unspecified atom stereocenters. The van der Waals surface area contributed by atoms with Gasteiger partial charge in [0.1, 0.15) is 16.0 Å². The van der Waals surface area contributed by atoms with Gasteiger partial charge in [0.25, 0.3) is 0 Å². The number of methoxy groups -OCH3 is 1. The van der Waals surface area contributed by atoms with E-state index in [2.05, 4.69) is 16.4 Å². The van der Waals surface area contributed by atoms with Crippen molar-refractivity contribution < 1.29 is 14.3 Å². The number of anilines is 1. The first-order valence-corrected chi connectivity index (χ1v) is 9.56. The van der Waals surface area contributed by atoms with Crippen molar-refractivity contribution >= 4 is 40.7 Å². The fourth-order valence-corrected chi connectivity index (χ4v) is 4.26. The van der Waals surface area contributed by atoms with Crippen molar-refractivity contribution in [1.82, 2.24) is 4.98 Å². The van der Waals surface area contributed by atoms with E-state index in [0.29, 0.717) is 21.2 Å². The molecular weight excluding hydrogens is 370 g/mol. The maximum atomic E-state index is 12.6. The van der Waals surface area contributed by atoms with Crippen molar-refractivity contribution in [2.75, 3.05) is 12.4 Å². The van der Waals surface area contributed by atoms with Gasteiger partial charge in [0.05, 0.1) is 23.6 Å². The monoisotopic (exact) mass is 389 g/mol. The number of rotatable bonds is 5. The summed E-state index contributed by atoms with van der Waals surface area (Å²) in [7, 11) is 1.30. The van der Waals surface area contributed by atoms with Crippen LogP contribution < -0.4 is 5.32 Å². The number of esters is 1. The zero-order valence-electron chi connectivity index (χ0n) is 15.2. The lowest BCUT2D eigenvalue weighted by Gasteiger charge is -2.14. The summed E-state index contributed by atoms with van der Waals surface area (Å²) >= 11 is 2.45. The zero-order chi connectivity index (χ0) is 19.4. The normalized spacial score (nSPS) is 11.5. The van der Waals surface area contributed by atoms with Crippen LogP contribution in [0.25, 0.3) is 0 Å². The van der Waals surface area contributed by atoms with Gasteiger partial charge in [-0.15, -0.1) is 11.3 Å². The van der Waals surface area contributed by atoms with Crippen molar-refractivity contribution in [1.29, 1.82) is 5.26 Å². The van der Waals surface area contributed by atoms with Gasteiger partial charge in [-0.25, -0.2) is 9.78 Å². The van der Waals surface area contributed by atoms with Crippen molar-refractivity contribution in [3.05, 3.63) is 38.7 Å². The number of carbonyl (C=O) groups is 2. The Kier molecular flexibility index (Phi) is 6.40. The largest absolute Gasteiger partial charge is 0.465 e. The molecule has 6 nitrogen and oxygen atoms in total. The molecule has 1 amide bonds. The fourth-order valence-electron chi connectivity index (χ4n) is 2.31. The van der Waals surface area contributed by atoms with Gasteiger partial charge in [-0.1, -0.05) is 11.8 Å². The van der Waals surface area contributed by atoms with E-state index in [1.165, 1.54) is 30.2 Å². The molecule has 136 valence electrons. The Morgan fingerprint density at radius 2 is 2.04 bits per heavy atom. The van der Waals surface area contributed by atoms with E-state index in [0.717, 1.165) is 16.8 Å². The molecule has 1 atom stereocenters. The highest BCUT2D eigenvalue weighted by Gasteiger charge is 2.23. The van der Waals surface area contributed by atoms with Crippen molar-refractivity contribution in [2.45, 2.75) is 38.0 Å². The topological polar surface area (TPSA) is 92.1 Å². The number of nitriles is 1. The molecule has 0 fully saturated rings. The second-order valence-electron chi connectivity index (χ2n) is 5.74. The lowest BCUT2D eigenvalue weighted by atomic mass is 10.1. The van der Waals surface area contributed by atoms with Crippen molar-refractivity contribution in [3.63, 3.8) is 0 Å². The first kappa shape index (κ1) is 19.9. The number of nitrogens with zero attached hydrogens (tertiary/aromatic N) is 2. The molecule has 2 rings (SSSR count). The molecule has 2 aromatic heterocycles. The van der Waals surface area contributed by atoms with E-state index < -0.39 is 11.2 Å². The molecular formula is C18H19N3O3S2. The summed E-state index contributed by atoms with van der Waals surface area (Å²) in [5, 5.41) is 14.0. The summed E-state index contributed by atoms with van der Waals surface area (Å²) in [5.41, 5.74) is 3.36. The summed E-state index contributed by atoms with van der Waals surface area (Å²) in [5.74, 6) is -0.757. The quantitative estimate of drug-likeness (QED) is 0.617. The lowest BCUT2D eigenvalue weighted by molar-refractivity contribution is -0.115. The Labute approximate surface area is 160 Å². The summed E-state index contributed by atoms with van der Waals surface area (Å²) < 4.78 is 4.75. The minimum Gasteiger partial charge on any atom is -0.465 e. The second-order valence-corrected chi connectivity index (χ2v) is 7.95. The number of nitrogens with one attached hydrogen (secondary N) is 1. The molecule has 0 aliphatic carbocycles. The van der Waals surface area contributed by atoms with Crippen LogP contribution in [0.15, 0.2) is 16.5 Å². The number of carbonyl (C=O) groups excluding carboxylic acids is 2. The predicted octanol–water partition coefficient (Wildman–Crippen LogP) is 3.85. The molecule has 26 heavy (non-hydrogen) atoms. The third-order valence-electron chi connectivity index (χ3n) is 3.67. The van der Waals surface area contributed by atoms with E-state index >= 15 is 0 Å². The number of hydrogen-bond acceptors (Lipinski definition) is 7. The fraction of sp³-hybridized carbons (Fsp3) is 0.333. The molecule has 0 radical (unpaired) electrons. The van der Waals surface area contributed by atoms with Gasteiger partial charge >= 0.3 is 5.97 Å². The molecule has 8 heteroatoms. The van der Waals surface area contributed by atoms with Gasteiger partial charge in [0, 0.05) is 5.69 Å². The number of amides is 1. The minimum absolute atomic E-state index is 0.272. The van der Waals surface area contributed by atoms with Gasteiger partial charge in [0.2, 0.25) is 5.91 Å². The van der Waals surface area contributed by atoms with Gasteiger partial charge in [0.15, 0.2) is 0 Å². The van der Waals surface area contributed by atoms with Crippen molar-refractivity contribution in [3.8, 4) is 6.07 Å². The van der Waals surface area contributed by atoms with Gasteiger partial charge in [-0.3, -0.25) is 4.79 Å². The van der Waals surface area contributed by atoms with Crippen LogP contribution >= 0.6 is 23.1 Å². The molecule has 2 aromatic rings. The average molecular weight is 390 g/mol. The van der Waals surface area contributed by atoms with Crippen molar-refractivity contribution in [2.24, 2.45) is 0 Å². The standard InChI is InChI=1S/C18H19N3O3S2/c1-9-6-11(3)20-17(13(9)7-19)26-12(4)16(22)21-14-10(2)8-25-15(14)18(23)24-5/h6,8,12H,1-5H3,(H,21,22)/t12-/m0/s1. The van der Waals surface area contributed by atoms with Gasteiger partial charge in [-0.05, 0) is 50.3 Å². The third kappa shape index (κ3) is 4.23. The Hall–Kier alpha value is -2.37. The summed E-state index contributed by atoms with van der Waals surface area (Å²) in [6, 6.07) is 3.99.